The van der Waals surface area contributed by atoms with Gasteiger partial charge in [-0.2, -0.15) is 0 Å². The molecule has 5 heteroatoms. The molecule has 4 aromatic heterocycles. The van der Waals surface area contributed by atoms with Gasteiger partial charge in [-0.25, -0.2) is 4.98 Å². The summed E-state index contributed by atoms with van der Waals surface area (Å²) in [5, 5.41) is 1.16. The Morgan fingerprint density at radius 3 is 2.26 bits per heavy atom. The molecule has 0 aromatic carbocycles. The first-order valence-electron chi connectivity index (χ1n) is 8.65. The molecule has 0 amide bonds. The lowest BCUT2D eigenvalue weighted by atomic mass is 10.2. The fourth-order valence-corrected chi connectivity index (χ4v) is 2.26. The predicted molar refractivity (Wildman–Crippen MR) is 112 cm³/mol. The van der Waals surface area contributed by atoms with Gasteiger partial charge < -0.3 is 9.88 Å². The number of pyridine rings is 3. The topological polar surface area (TPSA) is 57.7 Å². The highest BCUT2D eigenvalue weighted by Gasteiger charge is 1.99. The number of aromatic amines is 1. The first-order valence-corrected chi connectivity index (χ1v) is 8.65. The molecule has 0 aliphatic carbocycles. The van der Waals surface area contributed by atoms with Crippen LogP contribution in [0.1, 0.15) is 11.3 Å². The molecule has 1 N–H and O–H groups in total. The summed E-state index contributed by atoms with van der Waals surface area (Å²) in [4.78, 5) is 17.2. The minimum absolute atomic E-state index is 0.863. The standard InChI is InChI=1S/C10H14N2.C7H6N2.C5H5N/c1-4-9-6-5-7-11-10(9)8-12(2)3;1-2-6-3-5-9-7(6)8-4-1;1-2-4-6-5-3-1/h4-7H,1,8H2,2-3H3;1-5H,(H,8,9);1-5H. The molecule has 4 aromatic rings. The summed E-state index contributed by atoms with van der Waals surface area (Å²) in [5.41, 5.74) is 3.15. The minimum atomic E-state index is 0.863. The van der Waals surface area contributed by atoms with Gasteiger partial charge in [0.1, 0.15) is 5.65 Å². The summed E-state index contributed by atoms with van der Waals surface area (Å²) in [7, 11) is 4.06. The zero-order chi connectivity index (χ0) is 19.3. The van der Waals surface area contributed by atoms with Crippen molar-refractivity contribution in [1.29, 1.82) is 0 Å². The predicted octanol–water partition coefficient (Wildman–Crippen LogP) is 4.43. The number of hydrogen-bond acceptors (Lipinski definition) is 4. The number of nitrogens with zero attached hydrogens (tertiary/aromatic N) is 4. The van der Waals surface area contributed by atoms with Gasteiger partial charge in [-0.05, 0) is 56.1 Å². The Bertz CT molecular complexity index is 859. The molecule has 0 atom stereocenters. The molecule has 0 saturated carbocycles. The summed E-state index contributed by atoms with van der Waals surface area (Å²) < 4.78 is 0. The van der Waals surface area contributed by atoms with E-state index < -0.39 is 0 Å². The van der Waals surface area contributed by atoms with E-state index >= 15 is 0 Å². The van der Waals surface area contributed by atoms with Gasteiger partial charge in [0.2, 0.25) is 0 Å². The van der Waals surface area contributed by atoms with E-state index in [1.807, 2.05) is 81.1 Å². The van der Waals surface area contributed by atoms with Gasteiger partial charge in [0.25, 0.3) is 0 Å². The van der Waals surface area contributed by atoms with Crippen molar-refractivity contribution in [3.8, 4) is 0 Å². The van der Waals surface area contributed by atoms with Crippen molar-refractivity contribution in [2.24, 2.45) is 0 Å². The number of H-pyrrole nitrogens is 1. The highest BCUT2D eigenvalue weighted by molar-refractivity contribution is 5.74. The van der Waals surface area contributed by atoms with Gasteiger partial charge in [0.05, 0.1) is 5.69 Å². The molecule has 0 unspecified atom stereocenters. The number of aromatic nitrogens is 4. The molecule has 0 saturated heterocycles. The summed E-state index contributed by atoms with van der Waals surface area (Å²) in [6.45, 7) is 4.60. The van der Waals surface area contributed by atoms with E-state index in [9.17, 15) is 0 Å². The van der Waals surface area contributed by atoms with Gasteiger partial charge >= 0.3 is 0 Å². The lowest BCUT2D eigenvalue weighted by Crippen LogP contribution is -2.12. The normalized spacial score (nSPS) is 9.74. The van der Waals surface area contributed by atoms with Crippen molar-refractivity contribution in [2.45, 2.75) is 6.54 Å². The van der Waals surface area contributed by atoms with Crippen LogP contribution in [0.4, 0.5) is 0 Å². The average molecular weight is 359 g/mol. The number of nitrogens with one attached hydrogen (secondary N) is 1. The van der Waals surface area contributed by atoms with Gasteiger partial charge in [-0.15, -0.1) is 0 Å². The van der Waals surface area contributed by atoms with E-state index in [0.717, 1.165) is 28.8 Å². The molecular weight excluding hydrogens is 334 g/mol. The maximum absolute atomic E-state index is 4.28. The molecule has 5 nitrogen and oxygen atoms in total. The molecule has 0 aliphatic heterocycles. The van der Waals surface area contributed by atoms with Gasteiger partial charge in [0.15, 0.2) is 0 Å². The molecule has 0 radical (unpaired) electrons. The van der Waals surface area contributed by atoms with E-state index in [1.165, 1.54) is 0 Å². The van der Waals surface area contributed by atoms with Crippen molar-refractivity contribution in [1.82, 2.24) is 24.8 Å². The molecule has 27 heavy (non-hydrogen) atoms. The number of hydrogen-bond donors (Lipinski definition) is 1. The smallest absolute Gasteiger partial charge is 0.137 e. The summed E-state index contributed by atoms with van der Waals surface area (Å²) in [6, 6.07) is 15.6. The van der Waals surface area contributed by atoms with E-state index in [4.69, 9.17) is 0 Å². The first-order chi connectivity index (χ1) is 13.2. The van der Waals surface area contributed by atoms with Crippen LogP contribution in [0, 0.1) is 0 Å². The highest BCUT2D eigenvalue weighted by atomic mass is 15.1. The second kappa shape index (κ2) is 11.3. The van der Waals surface area contributed by atoms with Crippen LogP contribution >= 0.6 is 0 Å². The molecule has 138 valence electrons. The Morgan fingerprint density at radius 2 is 1.67 bits per heavy atom. The van der Waals surface area contributed by atoms with Crippen LogP contribution in [0.5, 0.6) is 0 Å². The fraction of sp³-hybridized carbons (Fsp3) is 0.136. The largest absolute Gasteiger partial charge is 0.346 e. The third-order valence-corrected chi connectivity index (χ3v) is 3.50. The highest BCUT2D eigenvalue weighted by Crippen LogP contribution is 2.08. The zero-order valence-corrected chi connectivity index (χ0v) is 15.8. The third kappa shape index (κ3) is 7.22. The number of rotatable bonds is 3. The molecule has 0 aliphatic rings. The zero-order valence-electron chi connectivity index (χ0n) is 15.8. The van der Waals surface area contributed by atoms with Crippen LogP contribution in [0.3, 0.4) is 0 Å². The van der Waals surface area contributed by atoms with Crippen molar-refractivity contribution in [2.75, 3.05) is 14.1 Å². The van der Waals surface area contributed by atoms with Gasteiger partial charge in [0, 0.05) is 42.9 Å². The van der Waals surface area contributed by atoms with Crippen LogP contribution in [0.25, 0.3) is 17.1 Å². The summed E-state index contributed by atoms with van der Waals surface area (Å²) in [6.07, 6.45) is 10.8. The minimum Gasteiger partial charge on any atom is -0.346 e. The van der Waals surface area contributed by atoms with Crippen molar-refractivity contribution >= 4 is 17.1 Å². The average Bonchev–Trinajstić information content (AvgIpc) is 3.19. The second-order valence-corrected chi connectivity index (χ2v) is 5.92. The van der Waals surface area contributed by atoms with E-state index in [0.29, 0.717) is 0 Å². The maximum atomic E-state index is 4.28. The monoisotopic (exact) mass is 359 g/mol. The van der Waals surface area contributed by atoms with Crippen LogP contribution in [0.2, 0.25) is 0 Å². The lowest BCUT2D eigenvalue weighted by Gasteiger charge is -2.10. The molecule has 0 fully saturated rings. The maximum Gasteiger partial charge on any atom is 0.137 e. The Balaban J connectivity index is 0.000000153. The fourth-order valence-electron chi connectivity index (χ4n) is 2.26. The van der Waals surface area contributed by atoms with Crippen LogP contribution in [0.15, 0.2) is 86.1 Å². The third-order valence-electron chi connectivity index (χ3n) is 3.50. The van der Waals surface area contributed by atoms with E-state index in [-0.39, 0.29) is 0 Å². The van der Waals surface area contributed by atoms with Gasteiger partial charge in [-0.1, -0.05) is 24.8 Å². The Labute approximate surface area is 160 Å². The van der Waals surface area contributed by atoms with E-state index in [2.05, 4.69) is 31.4 Å². The van der Waals surface area contributed by atoms with Crippen molar-refractivity contribution in [3.63, 3.8) is 0 Å². The van der Waals surface area contributed by atoms with Crippen molar-refractivity contribution in [3.05, 3.63) is 97.4 Å². The van der Waals surface area contributed by atoms with Crippen LogP contribution in [-0.2, 0) is 6.54 Å². The van der Waals surface area contributed by atoms with Crippen molar-refractivity contribution < 1.29 is 0 Å². The molecular formula is C22H25N5. The first kappa shape index (κ1) is 20.0. The lowest BCUT2D eigenvalue weighted by molar-refractivity contribution is 0.396. The van der Waals surface area contributed by atoms with Crippen LogP contribution in [-0.4, -0.2) is 38.9 Å². The number of fused-ring (bicyclic) bond motifs is 1. The van der Waals surface area contributed by atoms with Crippen LogP contribution < -0.4 is 0 Å². The quantitative estimate of drug-likeness (QED) is 0.588. The van der Waals surface area contributed by atoms with Gasteiger partial charge in [-0.3, -0.25) is 9.97 Å². The molecule has 0 spiro atoms. The molecule has 0 bridgehead atoms. The Hall–Kier alpha value is -3.31. The SMILES string of the molecule is C=Cc1cccnc1CN(C)C.c1ccncc1.c1cnc2[nH]ccc2c1. The summed E-state index contributed by atoms with van der Waals surface area (Å²) >= 11 is 0. The Kier molecular flexibility index (Phi) is 8.40. The van der Waals surface area contributed by atoms with E-state index in [1.54, 1.807) is 18.6 Å². The molecule has 4 rings (SSSR count). The second-order valence-electron chi connectivity index (χ2n) is 5.92. The molecule has 4 heterocycles. The Morgan fingerprint density at radius 1 is 0.926 bits per heavy atom. The summed E-state index contributed by atoms with van der Waals surface area (Å²) in [5.74, 6) is 0.